The standard InChI is InChI=1S/C12H17N/c1-8-4-5-12-11(6-8)9(2)7-10(3)13-12/h7-8H,4-6H2,1-3H3/t8-/m0/s1. The second-order valence-electron chi connectivity index (χ2n) is 4.35. The molecule has 1 aliphatic rings. The quantitative estimate of drug-likeness (QED) is 0.591. The van der Waals surface area contributed by atoms with Gasteiger partial charge in [-0.05, 0) is 56.2 Å². The number of fused-ring (bicyclic) bond motifs is 1. The van der Waals surface area contributed by atoms with E-state index in [4.69, 9.17) is 0 Å². The average molecular weight is 175 g/mol. The highest BCUT2D eigenvalue weighted by atomic mass is 14.7. The van der Waals surface area contributed by atoms with Crippen molar-refractivity contribution in [2.45, 2.75) is 40.0 Å². The number of aryl methyl sites for hydroxylation is 3. The molecule has 70 valence electrons. The monoisotopic (exact) mass is 175 g/mol. The first kappa shape index (κ1) is 8.74. The van der Waals surface area contributed by atoms with E-state index >= 15 is 0 Å². The zero-order valence-electron chi connectivity index (χ0n) is 8.72. The number of rotatable bonds is 0. The van der Waals surface area contributed by atoms with Crippen LogP contribution in [0.4, 0.5) is 0 Å². The first-order valence-corrected chi connectivity index (χ1v) is 5.13. The molecule has 0 fully saturated rings. The molecular formula is C12H17N. The van der Waals surface area contributed by atoms with Gasteiger partial charge in [0.05, 0.1) is 0 Å². The topological polar surface area (TPSA) is 12.9 Å². The maximum Gasteiger partial charge on any atom is 0.0441 e. The van der Waals surface area contributed by atoms with E-state index in [-0.39, 0.29) is 0 Å². The highest BCUT2D eigenvalue weighted by Gasteiger charge is 2.17. The molecule has 0 N–H and O–H groups in total. The summed E-state index contributed by atoms with van der Waals surface area (Å²) in [5, 5.41) is 0. The van der Waals surface area contributed by atoms with E-state index in [1.807, 2.05) is 0 Å². The highest BCUT2D eigenvalue weighted by Crippen LogP contribution is 2.26. The molecule has 0 aliphatic heterocycles. The first-order valence-electron chi connectivity index (χ1n) is 5.13. The summed E-state index contributed by atoms with van der Waals surface area (Å²) in [6.45, 7) is 6.64. The van der Waals surface area contributed by atoms with E-state index in [9.17, 15) is 0 Å². The minimum Gasteiger partial charge on any atom is -0.258 e. The third-order valence-electron chi connectivity index (χ3n) is 2.99. The Morgan fingerprint density at radius 2 is 2.15 bits per heavy atom. The van der Waals surface area contributed by atoms with Crippen LogP contribution in [-0.4, -0.2) is 4.98 Å². The lowest BCUT2D eigenvalue weighted by molar-refractivity contribution is 0.491. The lowest BCUT2D eigenvalue weighted by Gasteiger charge is -2.22. The van der Waals surface area contributed by atoms with Crippen LogP contribution in [0.15, 0.2) is 6.07 Å². The van der Waals surface area contributed by atoms with E-state index in [0.717, 1.165) is 5.92 Å². The van der Waals surface area contributed by atoms with Gasteiger partial charge in [0.15, 0.2) is 0 Å². The Kier molecular flexibility index (Phi) is 2.10. The van der Waals surface area contributed by atoms with Crippen molar-refractivity contribution < 1.29 is 0 Å². The van der Waals surface area contributed by atoms with Gasteiger partial charge in [0, 0.05) is 11.4 Å². The van der Waals surface area contributed by atoms with Crippen molar-refractivity contribution in [3.8, 4) is 0 Å². The molecule has 0 saturated heterocycles. The number of pyridine rings is 1. The molecule has 0 amide bonds. The van der Waals surface area contributed by atoms with Crippen LogP contribution in [-0.2, 0) is 12.8 Å². The number of nitrogens with zero attached hydrogens (tertiary/aromatic N) is 1. The Labute approximate surface area is 80.2 Å². The maximum atomic E-state index is 4.61. The summed E-state index contributed by atoms with van der Waals surface area (Å²) in [5.41, 5.74) is 5.49. The zero-order chi connectivity index (χ0) is 9.42. The Bertz CT molecular complexity index is 328. The van der Waals surface area contributed by atoms with Crippen LogP contribution in [0, 0.1) is 19.8 Å². The summed E-state index contributed by atoms with van der Waals surface area (Å²) in [7, 11) is 0. The van der Waals surface area contributed by atoms with E-state index in [0.29, 0.717) is 0 Å². The molecule has 1 heteroatoms. The normalized spacial score (nSPS) is 21.3. The van der Waals surface area contributed by atoms with Crippen LogP contribution < -0.4 is 0 Å². The third kappa shape index (κ3) is 1.60. The summed E-state index contributed by atoms with van der Waals surface area (Å²) < 4.78 is 0. The SMILES string of the molecule is Cc1cc(C)c2c(n1)CC[C@H](C)C2. The van der Waals surface area contributed by atoms with Crippen LogP contribution in [0.5, 0.6) is 0 Å². The fraction of sp³-hybridized carbons (Fsp3) is 0.583. The van der Waals surface area contributed by atoms with Gasteiger partial charge in [0.25, 0.3) is 0 Å². The van der Waals surface area contributed by atoms with Crippen LogP contribution in [0.2, 0.25) is 0 Å². The number of hydrogen-bond acceptors (Lipinski definition) is 1. The van der Waals surface area contributed by atoms with Gasteiger partial charge in [0.2, 0.25) is 0 Å². The molecule has 1 atom stereocenters. The van der Waals surface area contributed by atoms with Gasteiger partial charge in [-0.2, -0.15) is 0 Å². The Hall–Kier alpha value is -0.850. The molecule has 0 saturated carbocycles. The van der Waals surface area contributed by atoms with Crippen molar-refractivity contribution in [1.29, 1.82) is 0 Å². The molecule has 1 nitrogen and oxygen atoms in total. The molecule has 13 heavy (non-hydrogen) atoms. The summed E-state index contributed by atoms with van der Waals surface area (Å²) in [4.78, 5) is 4.61. The van der Waals surface area contributed by atoms with Crippen LogP contribution in [0.1, 0.15) is 35.9 Å². The van der Waals surface area contributed by atoms with Crippen molar-refractivity contribution in [2.24, 2.45) is 5.92 Å². The Morgan fingerprint density at radius 3 is 2.92 bits per heavy atom. The smallest absolute Gasteiger partial charge is 0.0441 e. The van der Waals surface area contributed by atoms with Crippen molar-refractivity contribution in [3.63, 3.8) is 0 Å². The van der Waals surface area contributed by atoms with Gasteiger partial charge in [-0.25, -0.2) is 0 Å². The predicted octanol–water partition coefficient (Wildman–Crippen LogP) is 2.82. The van der Waals surface area contributed by atoms with Gasteiger partial charge in [-0.15, -0.1) is 0 Å². The largest absolute Gasteiger partial charge is 0.258 e. The number of aromatic nitrogens is 1. The average Bonchev–Trinajstić information content (AvgIpc) is 2.06. The Balaban J connectivity index is 2.47. The fourth-order valence-corrected chi connectivity index (χ4v) is 2.26. The van der Waals surface area contributed by atoms with Gasteiger partial charge < -0.3 is 0 Å². The molecule has 0 unspecified atom stereocenters. The molecule has 0 bridgehead atoms. The summed E-state index contributed by atoms with van der Waals surface area (Å²) in [5.74, 6) is 0.843. The van der Waals surface area contributed by atoms with Crippen molar-refractivity contribution in [2.75, 3.05) is 0 Å². The minimum absolute atomic E-state index is 0.843. The number of hydrogen-bond donors (Lipinski definition) is 0. The van der Waals surface area contributed by atoms with Crippen molar-refractivity contribution in [3.05, 3.63) is 28.6 Å². The molecule has 1 aromatic heterocycles. The van der Waals surface area contributed by atoms with E-state index in [2.05, 4.69) is 31.8 Å². The van der Waals surface area contributed by atoms with Crippen LogP contribution >= 0.6 is 0 Å². The molecular weight excluding hydrogens is 158 g/mol. The lowest BCUT2D eigenvalue weighted by Crippen LogP contribution is -2.14. The summed E-state index contributed by atoms with van der Waals surface area (Å²) in [6.07, 6.45) is 3.72. The van der Waals surface area contributed by atoms with Crippen molar-refractivity contribution in [1.82, 2.24) is 4.98 Å². The molecule has 0 spiro atoms. The second-order valence-corrected chi connectivity index (χ2v) is 4.35. The zero-order valence-corrected chi connectivity index (χ0v) is 8.72. The minimum atomic E-state index is 0.843. The second kappa shape index (κ2) is 3.13. The highest BCUT2D eigenvalue weighted by molar-refractivity contribution is 5.33. The predicted molar refractivity (Wildman–Crippen MR) is 54.9 cm³/mol. The third-order valence-corrected chi connectivity index (χ3v) is 2.99. The molecule has 0 aromatic carbocycles. The molecule has 0 radical (unpaired) electrons. The van der Waals surface area contributed by atoms with Gasteiger partial charge in [-0.3, -0.25) is 4.98 Å². The summed E-state index contributed by atoms with van der Waals surface area (Å²) in [6, 6.07) is 2.21. The lowest BCUT2D eigenvalue weighted by atomic mass is 9.85. The fourth-order valence-electron chi connectivity index (χ4n) is 2.26. The maximum absolute atomic E-state index is 4.61. The van der Waals surface area contributed by atoms with E-state index in [1.54, 1.807) is 0 Å². The van der Waals surface area contributed by atoms with Gasteiger partial charge in [-0.1, -0.05) is 6.92 Å². The van der Waals surface area contributed by atoms with E-state index < -0.39 is 0 Å². The molecule has 1 heterocycles. The molecule has 2 rings (SSSR count). The first-order chi connectivity index (χ1) is 6.16. The van der Waals surface area contributed by atoms with Crippen LogP contribution in [0.25, 0.3) is 0 Å². The van der Waals surface area contributed by atoms with Crippen LogP contribution in [0.3, 0.4) is 0 Å². The summed E-state index contributed by atoms with van der Waals surface area (Å²) >= 11 is 0. The van der Waals surface area contributed by atoms with Gasteiger partial charge in [0.1, 0.15) is 0 Å². The molecule has 1 aromatic rings. The Morgan fingerprint density at radius 1 is 1.38 bits per heavy atom. The van der Waals surface area contributed by atoms with E-state index in [1.165, 1.54) is 41.8 Å². The molecule has 1 aliphatic carbocycles. The van der Waals surface area contributed by atoms with Gasteiger partial charge >= 0.3 is 0 Å². The van der Waals surface area contributed by atoms with Crippen molar-refractivity contribution >= 4 is 0 Å².